The number of carbonyl (C=O) groups excluding carboxylic acids is 2. The van der Waals surface area contributed by atoms with Crippen molar-refractivity contribution < 1.29 is 14.3 Å². The molecule has 0 unspecified atom stereocenters. The number of anilines is 1. The van der Waals surface area contributed by atoms with Crippen LogP contribution in [0.3, 0.4) is 0 Å². The maximum absolute atomic E-state index is 12.7. The van der Waals surface area contributed by atoms with E-state index in [-0.39, 0.29) is 11.8 Å². The van der Waals surface area contributed by atoms with Crippen LogP contribution in [0.2, 0.25) is 0 Å². The van der Waals surface area contributed by atoms with Crippen LogP contribution in [0.4, 0.5) is 5.69 Å². The Kier molecular flexibility index (Phi) is 8.47. The number of rotatable bonds is 9. The Morgan fingerprint density at radius 2 is 1.88 bits per heavy atom. The van der Waals surface area contributed by atoms with E-state index in [1.807, 2.05) is 62.4 Å². The van der Waals surface area contributed by atoms with Gasteiger partial charge >= 0.3 is 0 Å². The quantitative estimate of drug-likeness (QED) is 0.290. The zero-order chi connectivity index (χ0) is 23.1. The topological polar surface area (TPSA) is 58.6 Å². The Hall–Kier alpha value is -2.64. The van der Waals surface area contributed by atoms with Crippen LogP contribution < -0.4 is 10.1 Å². The molecule has 3 rings (SSSR count). The van der Waals surface area contributed by atoms with Gasteiger partial charge in [0.25, 0.3) is 5.91 Å². The highest BCUT2D eigenvalue weighted by atomic mass is 32.2. The first-order valence-corrected chi connectivity index (χ1v) is 11.9. The number of amides is 2. The van der Waals surface area contributed by atoms with Crippen molar-refractivity contribution in [3.05, 3.63) is 64.1 Å². The molecule has 1 aliphatic heterocycles. The molecule has 7 heteroatoms. The Balaban J connectivity index is 1.43. The summed E-state index contributed by atoms with van der Waals surface area (Å²) in [5, 5.41) is 2.99. The van der Waals surface area contributed by atoms with E-state index < -0.39 is 0 Å². The molecule has 32 heavy (non-hydrogen) atoms. The number of ether oxygens (including phenoxy) is 1. The molecule has 1 fully saturated rings. The summed E-state index contributed by atoms with van der Waals surface area (Å²) in [6.07, 6.45) is 4.75. The van der Waals surface area contributed by atoms with E-state index >= 15 is 0 Å². The number of thiocarbonyl (C=S) groups is 1. The van der Waals surface area contributed by atoms with Gasteiger partial charge in [-0.3, -0.25) is 14.5 Å². The van der Waals surface area contributed by atoms with Gasteiger partial charge in [0, 0.05) is 18.7 Å². The SMILES string of the molecule is COc1ccc(C=C2SC(=S)N(CCCCCC(=O)Nc3cccc(C)c3C)C2=O)cc1. The number of methoxy groups -OCH3 is 1. The predicted molar refractivity (Wildman–Crippen MR) is 136 cm³/mol. The van der Waals surface area contributed by atoms with Gasteiger partial charge in [0.15, 0.2) is 0 Å². The third kappa shape index (κ3) is 6.20. The average Bonchev–Trinajstić information content (AvgIpc) is 3.04. The fourth-order valence-corrected chi connectivity index (χ4v) is 4.68. The smallest absolute Gasteiger partial charge is 0.266 e. The largest absolute Gasteiger partial charge is 0.497 e. The highest BCUT2D eigenvalue weighted by Crippen LogP contribution is 2.33. The molecule has 5 nitrogen and oxygen atoms in total. The molecule has 0 radical (unpaired) electrons. The Morgan fingerprint density at radius 3 is 2.59 bits per heavy atom. The molecule has 168 valence electrons. The first-order valence-electron chi connectivity index (χ1n) is 10.6. The molecule has 2 amide bonds. The molecule has 0 aliphatic carbocycles. The van der Waals surface area contributed by atoms with E-state index in [2.05, 4.69) is 5.32 Å². The van der Waals surface area contributed by atoms with Gasteiger partial charge < -0.3 is 10.1 Å². The summed E-state index contributed by atoms with van der Waals surface area (Å²) in [7, 11) is 1.62. The summed E-state index contributed by atoms with van der Waals surface area (Å²) in [6.45, 7) is 4.62. The molecule has 2 aromatic carbocycles. The second-order valence-corrected chi connectivity index (χ2v) is 9.39. The van der Waals surface area contributed by atoms with Crippen molar-refractivity contribution in [1.29, 1.82) is 0 Å². The van der Waals surface area contributed by atoms with Crippen LogP contribution in [-0.2, 0) is 9.59 Å². The Morgan fingerprint density at radius 1 is 1.12 bits per heavy atom. The minimum absolute atomic E-state index is 0.0201. The van der Waals surface area contributed by atoms with Crippen LogP contribution >= 0.6 is 24.0 Å². The van der Waals surface area contributed by atoms with E-state index in [0.717, 1.165) is 47.4 Å². The summed E-state index contributed by atoms with van der Waals surface area (Å²) >= 11 is 6.74. The van der Waals surface area contributed by atoms with Crippen molar-refractivity contribution in [2.24, 2.45) is 0 Å². The predicted octanol–water partition coefficient (Wildman–Crippen LogP) is 5.71. The summed E-state index contributed by atoms with van der Waals surface area (Å²) in [4.78, 5) is 27.3. The van der Waals surface area contributed by atoms with Crippen LogP contribution in [-0.4, -0.2) is 34.7 Å². The lowest BCUT2D eigenvalue weighted by Crippen LogP contribution is -2.29. The van der Waals surface area contributed by atoms with E-state index in [9.17, 15) is 9.59 Å². The molecule has 1 heterocycles. The van der Waals surface area contributed by atoms with Crippen molar-refractivity contribution in [1.82, 2.24) is 4.90 Å². The van der Waals surface area contributed by atoms with Gasteiger partial charge in [-0.1, -0.05) is 54.7 Å². The number of unbranched alkanes of at least 4 members (excludes halogenated alkanes) is 2. The molecule has 0 saturated carbocycles. The van der Waals surface area contributed by atoms with Gasteiger partial charge in [-0.25, -0.2) is 0 Å². The van der Waals surface area contributed by atoms with E-state index in [0.29, 0.717) is 22.2 Å². The summed E-state index contributed by atoms with van der Waals surface area (Å²) in [6, 6.07) is 13.5. The molecule has 0 bridgehead atoms. The number of carbonyl (C=O) groups is 2. The van der Waals surface area contributed by atoms with Crippen molar-refractivity contribution in [3.8, 4) is 5.75 Å². The Bertz CT molecular complexity index is 1030. The molecule has 2 aromatic rings. The number of hydrogen-bond acceptors (Lipinski definition) is 5. The molecule has 1 N–H and O–H groups in total. The van der Waals surface area contributed by atoms with Gasteiger partial charge in [0.2, 0.25) is 5.91 Å². The second-order valence-electron chi connectivity index (χ2n) is 7.71. The van der Waals surface area contributed by atoms with Crippen LogP contribution in [0, 0.1) is 13.8 Å². The van der Waals surface area contributed by atoms with Crippen LogP contribution in [0.15, 0.2) is 47.4 Å². The zero-order valence-corrected chi connectivity index (χ0v) is 20.3. The average molecular weight is 469 g/mol. The van der Waals surface area contributed by atoms with Crippen LogP contribution in [0.1, 0.15) is 42.4 Å². The lowest BCUT2D eigenvalue weighted by atomic mass is 10.1. The zero-order valence-electron chi connectivity index (χ0n) is 18.6. The molecule has 0 spiro atoms. The molecule has 1 aliphatic rings. The maximum Gasteiger partial charge on any atom is 0.266 e. The van der Waals surface area contributed by atoms with Gasteiger partial charge in [0.05, 0.1) is 12.0 Å². The van der Waals surface area contributed by atoms with Crippen molar-refractivity contribution in [2.45, 2.75) is 39.5 Å². The van der Waals surface area contributed by atoms with Gasteiger partial charge in [-0.2, -0.15) is 0 Å². The lowest BCUT2D eigenvalue weighted by Gasteiger charge is -2.14. The minimum atomic E-state index is -0.0523. The standard InChI is InChI=1S/C25H28N2O3S2/c1-17-8-7-9-21(18(17)2)26-23(28)10-5-4-6-15-27-24(29)22(32-25(27)31)16-19-11-13-20(30-3)14-12-19/h7-9,11-14,16H,4-6,10,15H2,1-3H3,(H,26,28). The number of benzene rings is 2. The Labute approximate surface area is 199 Å². The van der Waals surface area contributed by atoms with Crippen molar-refractivity contribution >= 4 is 51.9 Å². The third-order valence-electron chi connectivity index (χ3n) is 5.45. The molecule has 1 saturated heterocycles. The second kappa shape index (κ2) is 11.3. The fourth-order valence-electron chi connectivity index (χ4n) is 3.38. The first kappa shape index (κ1) is 24.0. The highest BCUT2D eigenvalue weighted by molar-refractivity contribution is 8.26. The monoisotopic (exact) mass is 468 g/mol. The maximum atomic E-state index is 12.7. The van der Waals surface area contributed by atoms with Gasteiger partial charge in [-0.15, -0.1) is 0 Å². The van der Waals surface area contributed by atoms with E-state index in [4.69, 9.17) is 17.0 Å². The number of nitrogens with zero attached hydrogens (tertiary/aromatic N) is 1. The van der Waals surface area contributed by atoms with E-state index in [1.165, 1.54) is 11.8 Å². The third-order valence-corrected chi connectivity index (χ3v) is 6.83. The van der Waals surface area contributed by atoms with Crippen LogP contribution in [0.25, 0.3) is 6.08 Å². The van der Waals surface area contributed by atoms with Crippen molar-refractivity contribution in [2.75, 3.05) is 19.0 Å². The van der Waals surface area contributed by atoms with Crippen molar-refractivity contribution in [3.63, 3.8) is 0 Å². The number of aryl methyl sites for hydroxylation is 1. The van der Waals surface area contributed by atoms with Gasteiger partial charge in [0.1, 0.15) is 10.1 Å². The molecular weight excluding hydrogens is 440 g/mol. The minimum Gasteiger partial charge on any atom is -0.497 e. The van der Waals surface area contributed by atoms with Gasteiger partial charge in [-0.05, 0) is 67.7 Å². The highest BCUT2D eigenvalue weighted by Gasteiger charge is 2.31. The molecule has 0 atom stereocenters. The summed E-state index contributed by atoms with van der Waals surface area (Å²) < 4.78 is 5.75. The summed E-state index contributed by atoms with van der Waals surface area (Å²) in [5.74, 6) is 0.743. The van der Waals surface area contributed by atoms with E-state index in [1.54, 1.807) is 12.0 Å². The first-order chi connectivity index (χ1) is 15.4. The molecular formula is C25H28N2O3S2. The fraction of sp³-hybridized carbons (Fsp3) is 0.320. The number of hydrogen-bond donors (Lipinski definition) is 1. The van der Waals surface area contributed by atoms with Crippen LogP contribution in [0.5, 0.6) is 5.75 Å². The molecule has 0 aromatic heterocycles. The summed E-state index contributed by atoms with van der Waals surface area (Å²) in [5.41, 5.74) is 4.06. The number of thioether (sulfide) groups is 1. The number of nitrogens with one attached hydrogen (secondary N) is 1. The normalized spacial score (nSPS) is 14.8. The lowest BCUT2D eigenvalue weighted by molar-refractivity contribution is -0.122.